The number of hydrogen-bond donors (Lipinski definition) is 1. The van der Waals surface area contributed by atoms with Gasteiger partial charge in [0.05, 0.1) is 23.5 Å². The second-order valence-electron chi connectivity index (χ2n) is 7.26. The third-order valence-electron chi connectivity index (χ3n) is 5.36. The summed E-state index contributed by atoms with van der Waals surface area (Å²) in [7, 11) is 0. The van der Waals surface area contributed by atoms with Crippen molar-refractivity contribution in [2.45, 2.75) is 40.3 Å². The van der Waals surface area contributed by atoms with Crippen molar-refractivity contribution in [3.05, 3.63) is 62.4 Å². The van der Waals surface area contributed by atoms with Gasteiger partial charge in [0.15, 0.2) is 5.13 Å². The van der Waals surface area contributed by atoms with Gasteiger partial charge in [0.25, 0.3) is 5.91 Å². The average molecular weight is 430 g/mol. The molecule has 0 saturated carbocycles. The number of aromatic nitrogens is 3. The molecule has 0 unspecified atom stereocenters. The van der Waals surface area contributed by atoms with Crippen LogP contribution in [0.4, 0.5) is 5.13 Å². The predicted molar refractivity (Wildman–Crippen MR) is 117 cm³/mol. The topological polar surface area (TPSA) is 63.1 Å². The minimum Gasteiger partial charge on any atom is -0.298 e. The largest absolute Gasteiger partial charge is 0.298 e. The molecule has 1 aliphatic heterocycles. The number of thiazole rings is 1. The van der Waals surface area contributed by atoms with E-state index >= 15 is 0 Å². The number of benzene rings is 1. The van der Waals surface area contributed by atoms with E-state index in [0.29, 0.717) is 28.0 Å². The molecular formula is C21H24ClN5OS. The maximum atomic E-state index is 13.0. The van der Waals surface area contributed by atoms with Crippen molar-refractivity contribution < 1.29 is 4.79 Å². The summed E-state index contributed by atoms with van der Waals surface area (Å²) in [4.78, 5) is 21.3. The number of fused-ring (bicyclic) bond motifs is 1. The fourth-order valence-corrected chi connectivity index (χ4v) is 4.94. The molecule has 0 fully saturated rings. The zero-order chi connectivity index (χ0) is 20.5. The first-order valence-electron chi connectivity index (χ1n) is 9.76. The van der Waals surface area contributed by atoms with Gasteiger partial charge in [-0.3, -0.25) is 19.7 Å². The Labute approximate surface area is 179 Å². The lowest BCUT2D eigenvalue weighted by Crippen LogP contribution is -2.29. The summed E-state index contributed by atoms with van der Waals surface area (Å²) >= 11 is 7.85. The normalized spacial score (nSPS) is 14.1. The highest BCUT2D eigenvalue weighted by atomic mass is 35.5. The standard InChI is InChI=1S/C21H24ClN5OS/c1-4-26-10-9-17-18(12-26)29-21(23-17)24-20(28)19-13(2)25-27(14(19)3)11-15-7-5-6-8-16(15)22/h5-8H,4,9-12H2,1-3H3,(H,23,24,28). The van der Waals surface area contributed by atoms with Crippen LogP contribution in [-0.4, -0.2) is 38.7 Å². The van der Waals surface area contributed by atoms with E-state index in [2.05, 4.69) is 27.2 Å². The summed E-state index contributed by atoms with van der Waals surface area (Å²) in [5.74, 6) is -0.163. The van der Waals surface area contributed by atoms with Gasteiger partial charge < -0.3 is 0 Å². The van der Waals surface area contributed by atoms with Gasteiger partial charge in [0, 0.05) is 35.1 Å². The Balaban J connectivity index is 1.53. The summed E-state index contributed by atoms with van der Waals surface area (Å²) < 4.78 is 1.83. The predicted octanol–water partition coefficient (Wildman–Crippen LogP) is 4.29. The van der Waals surface area contributed by atoms with Gasteiger partial charge >= 0.3 is 0 Å². The molecule has 0 bridgehead atoms. The molecular weight excluding hydrogens is 406 g/mol. The molecule has 4 rings (SSSR count). The Morgan fingerprint density at radius 2 is 2.10 bits per heavy atom. The smallest absolute Gasteiger partial charge is 0.261 e. The fourth-order valence-electron chi connectivity index (χ4n) is 3.70. The zero-order valence-electron chi connectivity index (χ0n) is 16.8. The third kappa shape index (κ3) is 4.08. The van der Waals surface area contributed by atoms with E-state index in [1.54, 1.807) is 11.3 Å². The lowest BCUT2D eigenvalue weighted by molar-refractivity contribution is 0.102. The van der Waals surface area contributed by atoms with Crippen molar-refractivity contribution in [3.8, 4) is 0 Å². The Hall–Kier alpha value is -2.22. The number of halogens is 1. The van der Waals surface area contributed by atoms with E-state index in [-0.39, 0.29) is 5.91 Å². The Bertz CT molecular complexity index is 1060. The summed E-state index contributed by atoms with van der Waals surface area (Å²) in [6.07, 6.45) is 0.934. The lowest BCUT2D eigenvalue weighted by atomic mass is 10.1. The summed E-state index contributed by atoms with van der Waals surface area (Å²) in [5, 5.41) is 8.92. The molecule has 0 saturated heterocycles. The monoisotopic (exact) mass is 429 g/mol. The van der Waals surface area contributed by atoms with Crippen molar-refractivity contribution in [2.24, 2.45) is 0 Å². The number of nitrogens with zero attached hydrogens (tertiary/aromatic N) is 4. The molecule has 0 atom stereocenters. The summed E-state index contributed by atoms with van der Waals surface area (Å²) in [6.45, 7) is 9.43. The number of hydrogen-bond acceptors (Lipinski definition) is 5. The molecule has 3 aromatic rings. The van der Waals surface area contributed by atoms with Crippen LogP contribution in [0.15, 0.2) is 24.3 Å². The van der Waals surface area contributed by atoms with Gasteiger partial charge in [-0.15, -0.1) is 11.3 Å². The van der Waals surface area contributed by atoms with Crippen LogP contribution in [0.5, 0.6) is 0 Å². The lowest BCUT2D eigenvalue weighted by Gasteiger charge is -2.23. The highest BCUT2D eigenvalue weighted by Gasteiger charge is 2.23. The molecule has 29 heavy (non-hydrogen) atoms. The highest BCUT2D eigenvalue weighted by molar-refractivity contribution is 7.15. The minimum absolute atomic E-state index is 0.163. The number of aryl methyl sites for hydroxylation is 1. The molecule has 0 radical (unpaired) electrons. The van der Waals surface area contributed by atoms with E-state index in [4.69, 9.17) is 11.6 Å². The quantitative estimate of drug-likeness (QED) is 0.657. The number of rotatable bonds is 5. The Kier molecular flexibility index (Phi) is 5.72. The van der Waals surface area contributed by atoms with E-state index < -0.39 is 0 Å². The number of nitrogens with one attached hydrogen (secondary N) is 1. The van der Waals surface area contributed by atoms with Crippen molar-refractivity contribution in [3.63, 3.8) is 0 Å². The molecule has 2 aromatic heterocycles. The van der Waals surface area contributed by atoms with Crippen LogP contribution in [0.25, 0.3) is 0 Å². The Morgan fingerprint density at radius 3 is 2.86 bits per heavy atom. The van der Waals surface area contributed by atoms with Gasteiger partial charge in [0.2, 0.25) is 0 Å². The maximum Gasteiger partial charge on any atom is 0.261 e. The minimum atomic E-state index is -0.163. The van der Waals surface area contributed by atoms with Crippen LogP contribution in [0.1, 0.15) is 44.8 Å². The molecule has 1 N–H and O–H groups in total. The fraction of sp³-hybridized carbons (Fsp3) is 0.381. The maximum absolute atomic E-state index is 13.0. The van der Waals surface area contributed by atoms with Crippen molar-refractivity contribution >= 4 is 34.0 Å². The van der Waals surface area contributed by atoms with E-state index in [1.165, 1.54) is 4.88 Å². The van der Waals surface area contributed by atoms with Crippen molar-refractivity contribution in [1.82, 2.24) is 19.7 Å². The van der Waals surface area contributed by atoms with Crippen LogP contribution in [-0.2, 0) is 19.5 Å². The van der Waals surface area contributed by atoms with E-state index in [9.17, 15) is 4.79 Å². The van der Waals surface area contributed by atoms with Crippen LogP contribution in [0.2, 0.25) is 5.02 Å². The second-order valence-corrected chi connectivity index (χ2v) is 8.75. The first-order chi connectivity index (χ1) is 14.0. The van der Waals surface area contributed by atoms with E-state index in [0.717, 1.165) is 43.0 Å². The molecule has 6 nitrogen and oxygen atoms in total. The van der Waals surface area contributed by atoms with Crippen molar-refractivity contribution in [2.75, 3.05) is 18.4 Å². The van der Waals surface area contributed by atoms with Crippen LogP contribution >= 0.6 is 22.9 Å². The van der Waals surface area contributed by atoms with Crippen LogP contribution in [0, 0.1) is 13.8 Å². The molecule has 8 heteroatoms. The first-order valence-corrected chi connectivity index (χ1v) is 11.0. The van der Waals surface area contributed by atoms with Crippen molar-refractivity contribution in [1.29, 1.82) is 0 Å². The number of carbonyl (C=O) groups excluding carboxylic acids is 1. The number of carbonyl (C=O) groups is 1. The molecule has 1 aromatic carbocycles. The van der Waals surface area contributed by atoms with E-state index in [1.807, 2.05) is 42.8 Å². The Morgan fingerprint density at radius 1 is 1.31 bits per heavy atom. The van der Waals surface area contributed by atoms with Gasteiger partial charge in [-0.05, 0) is 32.0 Å². The molecule has 0 aliphatic carbocycles. The van der Waals surface area contributed by atoms with Crippen LogP contribution < -0.4 is 5.32 Å². The summed E-state index contributed by atoms with van der Waals surface area (Å²) in [6, 6.07) is 7.68. The zero-order valence-corrected chi connectivity index (χ0v) is 18.4. The van der Waals surface area contributed by atoms with Gasteiger partial charge in [-0.25, -0.2) is 4.98 Å². The number of anilines is 1. The SMILES string of the molecule is CCN1CCc2nc(NC(=O)c3c(C)nn(Cc4ccccc4Cl)c3C)sc2C1. The molecule has 1 amide bonds. The first kappa shape index (κ1) is 20.1. The van der Waals surface area contributed by atoms with Gasteiger partial charge in [-0.2, -0.15) is 5.10 Å². The van der Waals surface area contributed by atoms with Crippen LogP contribution in [0.3, 0.4) is 0 Å². The molecule has 1 aliphatic rings. The number of amides is 1. The summed E-state index contributed by atoms with van der Waals surface area (Å²) in [5.41, 5.74) is 4.20. The second kappa shape index (κ2) is 8.26. The number of likely N-dealkylation sites (N-methyl/N-ethyl adjacent to an activating group) is 1. The van der Waals surface area contributed by atoms with Gasteiger partial charge in [-0.1, -0.05) is 36.7 Å². The third-order valence-corrected chi connectivity index (χ3v) is 6.73. The molecule has 152 valence electrons. The molecule has 0 spiro atoms. The average Bonchev–Trinajstić information content (AvgIpc) is 3.22. The van der Waals surface area contributed by atoms with Gasteiger partial charge in [0.1, 0.15) is 0 Å². The highest BCUT2D eigenvalue weighted by Crippen LogP contribution is 2.29. The molecule has 3 heterocycles.